The van der Waals surface area contributed by atoms with E-state index in [1.165, 1.54) is 23.4 Å². The zero-order valence-corrected chi connectivity index (χ0v) is 20.0. The number of halogens is 4. The molecule has 1 saturated heterocycles. The first-order chi connectivity index (χ1) is 16.3. The minimum Gasteiger partial charge on any atom is -0.394 e. The van der Waals surface area contributed by atoms with Crippen molar-refractivity contribution in [1.82, 2.24) is 19.6 Å². The van der Waals surface area contributed by atoms with Gasteiger partial charge in [-0.2, -0.15) is 13.2 Å². The maximum absolute atomic E-state index is 14.1. The molecular formula is C22H24ClF3N6O3. The maximum atomic E-state index is 14.1. The van der Waals surface area contributed by atoms with Crippen molar-refractivity contribution < 1.29 is 22.8 Å². The SMILES string of the molecule is CC(C)(C)C(=O)ON1CCN(c2ccc(-n3c(=O)[nH]c4cnc(Cl)c(N)c43)cc2C(F)(F)F)CC1. The molecule has 1 aromatic carbocycles. The van der Waals surface area contributed by atoms with Gasteiger partial charge in [0.05, 0.1) is 47.2 Å². The lowest BCUT2D eigenvalue weighted by Gasteiger charge is -2.36. The number of pyridine rings is 1. The second kappa shape index (κ2) is 8.76. The van der Waals surface area contributed by atoms with E-state index in [2.05, 4.69) is 9.97 Å². The molecule has 188 valence electrons. The number of benzene rings is 1. The van der Waals surface area contributed by atoms with Gasteiger partial charge in [-0.25, -0.2) is 14.6 Å². The molecule has 0 atom stereocenters. The van der Waals surface area contributed by atoms with Crippen LogP contribution in [0.25, 0.3) is 16.7 Å². The Labute approximate surface area is 203 Å². The molecule has 2 aromatic heterocycles. The number of nitrogens with zero attached hydrogens (tertiary/aromatic N) is 4. The fourth-order valence-corrected chi connectivity index (χ4v) is 3.92. The van der Waals surface area contributed by atoms with Crippen LogP contribution in [0.5, 0.6) is 0 Å². The molecule has 1 fully saturated rings. The van der Waals surface area contributed by atoms with E-state index >= 15 is 0 Å². The molecular weight excluding hydrogens is 489 g/mol. The highest BCUT2D eigenvalue weighted by Crippen LogP contribution is 2.39. The first-order valence-electron chi connectivity index (χ1n) is 10.8. The van der Waals surface area contributed by atoms with E-state index in [9.17, 15) is 22.8 Å². The summed E-state index contributed by atoms with van der Waals surface area (Å²) in [6.07, 6.45) is -3.40. The second-order valence-electron chi connectivity index (χ2n) is 9.23. The fourth-order valence-electron chi connectivity index (χ4n) is 3.79. The van der Waals surface area contributed by atoms with Crippen molar-refractivity contribution in [2.24, 2.45) is 5.41 Å². The molecule has 3 aromatic rings. The van der Waals surface area contributed by atoms with Crippen molar-refractivity contribution in [3.05, 3.63) is 45.6 Å². The van der Waals surface area contributed by atoms with Gasteiger partial charge < -0.3 is 20.5 Å². The van der Waals surface area contributed by atoms with Crippen LogP contribution in [0.3, 0.4) is 0 Å². The normalized spacial score (nSPS) is 15.6. The highest BCUT2D eigenvalue weighted by atomic mass is 35.5. The number of aromatic nitrogens is 3. The molecule has 13 heteroatoms. The van der Waals surface area contributed by atoms with Crippen molar-refractivity contribution in [2.45, 2.75) is 26.9 Å². The minimum atomic E-state index is -4.69. The minimum absolute atomic E-state index is 0.0240. The van der Waals surface area contributed by atoms with Crippen molar-refractivity contribution in [3.63, 3.8) is 0 Å². The monoisotopic (exact) mass is 512 g/mol. The summed E-state index contributed by atoms with van der Waals surface area (Å²) in [5.41, 5.74) is 3.99. The van der Waals surface area contributed by atoms with E-state index in [1.807, 2.05) is 0 Å². The Morgan fingerprint density at radius 1 is 1.17 bits per heavy atom. The third-order valence-electron chi connectivity index (χ3n) is 5.66. The summed E-state index contributed by atoms with van der Waals surface area (Å²) >= 11 is 5.97. The van der Waals surface area contributed by atoms with Gasteiger partial charge in [0.15, 0.2) is 5.15 Å². The number of hydrogen-bond donors (Lipinski definition) is 2. The largest absolute Gasteiger partial charge is 0.418 e. The van der Waals surface area contributed by atoms with Crippen molar-refractivity contribution in [1.29, 1.82) is 0 Å². The van der Waals surface area contributed by atoms with E-state index in [0.717, 1.165) is 10.6 Å². The topological polar surface area (TPSA) is 109 Å². The molecule has 3 heterocycles. The van der Waals surface area contributed by atoms with Gasteiger partial charge >= 0.3 is 17.8 Å². The lowest BCUT2D eigenvalue weighted by molar-refractivity contribution is -0.201. The number of alkyl halides is 3. The highest BCUT2D eigenvalue weighted by molar-refractivity contribution is 6.33. The average molecular weight is 513 g/mol. The Morgan fingerprint density at radius 2 is 1.83 bits per heavy atom. The number of anilines is 2. The smallest absolute Gasteiger partial charge is 0.394 e. The number of aromatic amines is 1. The zero-order chi connectivity index (χ0) is 25.7. The molecule has 0 saturated carbocycles. The Bertz CT molecular complexity index is 1340. The van der Waals surface area contributed by atoms with Crippen LogP contribution in [-0.4, -0.2) is 51.7 Å². The quantitative estimate of drug-likeness (QED) is 0.516. The number of rotatable bonds is 3. The third kappa shape index (κ3) is 4.80. The molecule has 1 aliphatic rings. The Hall–Kier alpha value is -3.25. The first kappa shape index (κ1) is 24.9. The van der Waals surface area contributed by atoms with Crippen LogP contribution < -0.4 is 16.3 Å². The number of nitrogens with one attached hydrogen (secondary N) is 1. The lowest BCUT2D eigenvalue weighted by Crippen LogP contribution is -2.48. The van der Waals surface area contributed by atoms with Gasteiger partial charge in [0.2, 0.25) is 0 Å². The number of nitrogens with two attached hydrogens (primary N) is 1. The van der Waals surface area contributed by atoms with Crippen LogP contribution in [0.4, 0.5) is 24.5 Å². The van der Waals surface area contributed by atoms with Crippen LogP contribution in [0.2, 0.25) is 5.15 Å². The average Bonchev–Trinajstić information content (AvgIpc) is 3.12. The molecule has 1 aliphatic heterocycles. The first-order valence-corrected chi connectivity index (χ1v) is 11.1. The second-order valence-corrected chi connectivity index (χ2v) is 9.59. The van der Waals surface area contributed by atoms with E-state index in [1.54, 1.807) is 25.7 Å². The van der Waals surface area contributed by atoms with Crippen LogP contribution in [-0.2, 0) is 15.8 Å². The fraction of sp³-hybridized carbons (Fsp3) is 0.409. The molecule has 0 amide bonds. The predicted molar refractivity (Wildman–Crippen MR) is 125 cm³/mol. The summed E-state index contributed by atoms with van der Waals surface area (Å²) in [5, 5.41) is 1.39. The van der Waals surface area contributed by atoms with Crippen LogP contribution in [0.15, 0.2) is 29.2 Å². The maximum Gasteiger partial charge on any atom is 0.418 e. The number of carbonyl (C=O) groups is 1. The van der Waals surface area contributed by atoms with Crippen LogP contribution in [0.1, 0.15) is 26.3 Å². The van der Waals surface area contributed by atoms with Gasteiger partial charge in [0.25, 0.3) is 0 Å². The van der Waals surface area contributed by atoms with Crippen LogP contribution in [0, 0.1) is 5.41 Å². The summed E-state index contributed by atoms with van der Waals surface area (Å²) in [5.74, 6) is -0.412. The summed E-state index contributed by atoms with van der Waals surface area (Å²) in [7, 11) is 0. The molecule has 0 spiro atoms. The summed E-state index contributed by atoms with van der Waals surface area (Å²) in [4.78, 5) is 38.0. The number of carbonyl (C=O) groups excluding carboxylic acids is 1. The number of piperazine rings is 1. The molecule has 3 N–H and O–H groups in total. The van der Waals surface area contributed by atoms with E-state index in [-0.39, 0.29) is 59.4 Å². The van der Waals surface area contributed by atoms with E-state index in [4.69, 9.17) is 22.2 Å². The van der Waals surface area contributed by atoms with Crippen LogP contribution >= 0.6 is 11.6 Å². The third-order valence-corrected chi connectivity index (χ3v) is 5.96. The molecule has 0 radical (unpaired) electrons. The molecule has 0 aliphatic carbocycles. The van der Waals surface area contributed by atoms with Gasteiger partial charge in [-0.3, -0.25) is 4.57 Å². The van der Waals surface area contributed by atoms with Crippen molar-refractivity contribution in [3.8, 4) is 5.69 Å². The van der Waals surface area contributed by atoms with Crippen molar-refractivity contribution >= 4 is 40.0 Å². The molecule has 35 heavy (non-hydrogen) atoms. The van der Waals surface area contributed by atoms with Gasteiger partial charge in [0, 0.05) is 18.8 Å². The molecule has 9 nitrogen and oxygen atoms in total. The van der Waals surface area contributed by atoms with Gasteiger partial charge in [-0.15, -0.1) is 5.06 Å². The standard InChI is InChI=1S/C22H24ClF3N6O3/c1-21(2,3)19(33)35-31-8-6-30(7-9-31)15-5-4-12(10-13(15)22(24,25)26)32-17-14(29-20(32)34)11-28-18(23)16(17)27/h4-5,10-11H,6-9,27H2,1-3H3,(H,29,34). The summed E-state index contributed by atoms with van der Waals surface area (Å²) in [6.45, 7) is 6.07. The number of nitrogen functional groups attached to an aromatic ring is 1. The molecule has 4 rings (SSSR count). The number of H-pyrrole nitrogens is 1. The lowest BCUT2D eigenvalue weighted by atomic mass is 9.98. The number of imidazole rings is 1. The van der Waals surface area contributed by atoms with Gasteiger partial charge in [-0.1, -0.05) is 11.6 Å². The van der Waals surface area contributed by atoms with E-state index < -0.39 is 28.8 Å². The van der Waals surface area contributed by atoms with Gasteiger partial charge in [0.1, 0.15) is 5.52 Å². The predicted octanol–water partition coefficient (Wildman–Crippen LogP) is 3.59. The molecule has 0 unspecified atom stereocenters. The summed E-state index contributed by atoms with van der Waals surface area (Å²) in [6, 6.07) is 3.64. The van der Waals surface area contributed by atoms with Crippen molar-refractivity contribution in [2.75, 3.05) is 36.8 Å². The van der Waals surface area contributed by atoms with E-state index in [0.29, 0.717) is 0 Å². The zero-order valence-electron chi connectivity index (χ0n) is 19.2. The number of hydrogen-bond acceptors (Lipinski definition) is 7. The Balaban J connectivity index is 1.67. The Morgan fingerprint density at radius 3 is 2.43 bits per heavy atom. The number of hydroxylamine groups is 2. The number of fused-ring (bicyclic) bond motifs is 1. The van der Waals surface area contributed by atoms with Gasteiger partial charge in [-0.05, 0) is 39.0 Å². The Kier molecular flexibility index (Phi) is 6.22. The molecule has 0 bridgehead atoms. The highest BCUT2D eigenvalue weighted by Gasteiger charge is 2.37. The summed E-state index contributed by atoms with van der Waals surface area (Å²) < 4.78 is 43.4.